The molecule has 0 saturated carbocycles. The molecule has 3 aromatic carbocycles. The van der Waals surface area contributed by atoms with Gasteiger partial charge in [0, 0.05) is 0 Å². The van der Waals surface area contributed by atoms with Gasteiger partial charge in [-0.05, 0) is 55.5 Å². The van der Waals surface area contributed by atoms with Gasteiger partial charge in [0.25, 0.3) is 0 Å². The number of hydrogen-bond acceptors (Lipinski definition) is 1. The largest absolute Gasteiger partial charge is 0.129 e. The van der Waals surface area contributed by atoms with Crippen LogP contribution < -0.4 is 15.9 Å². The van der Waals surface area contributed by atoms with E-state index in [4.69, 9.17) is 0 Å². The van der Waals surface area contributed by atoms with Crippen LogP contribution in [0.1, 0.15) is 13.3 Å². The average Bonchev–Trinajstić information content (AvgIpc) is 2.72. The van der Waals surface area contributed by atoms with Gasteiger partial charge in [0.2, 0.25) is 0 Å². The van der Waals surface area contributed by atoms with Crippen molar-refractivity contribution in [3.8, 4) is 0 Å². The lowest BCUT2D eigenvalue weighted by molar-refractivity contribution is 1.11. The molecular formula is C23H26P2S. The van der Waals surface area contributed by atoms with Gasteiger partial charge in [-0.15, -0.1) is 11.4 Å². The van der Waals surface area contributed by atoms with Gasteiger partial charge in [-0.25, -0.2) is 0 Å². The Morgan fingerprint density at radius 3 is 1.54 bits per heavy atom. The van der Waals surface area contributed by atoms with E-state index >= 15 is 0 Å². The maximum atomic E-state index is 2.32. The van der Waals surface area contributed by atoms with Gasteiger partial charge in [0.15, 0.2) is 0 Å². The van der Waals surface area contributed by atoms with E-state index < -0.39 is 0 Å². The Morgan fingerprint density at radius 1 is 0.615 bits per heavy atom. The third-order valence-corrected chi connectivity index (χ3v) is 12.1. The lowest BCUT2D eigenvalue weighted by Crippen LogP contribution is -2.16. The van der Waals surface area contributed by atoms with Gasteiger partial charge in [-0.1, -0.05) is 97.9 Å². The van der Waals surface area contributed by atoms with Gasteiger partial charge in [-0.3, -0.25) is 0 Å². The molecule has 3 aromatic rings. The molecule has 0 radical (unpaired) electrons. The van der Waals surface area contributed by atoms with E-state index in [-0.39, 0.29) is 15.0 Å². The Morgan fingerprint density at radius 2 is 1.08 bits per heavy atom. The van der Waals surface area contributed by atoms with Crippen molar-refractivity contribution in [2.45, 2.75) is 13.3 Å². The molecule has 0 aliphatic rings. The van der Waals surface area contributed by atoms with Crippen LogP contribution >= 0.6 is 26.4 Å². The maximum absolute atomic E-state index is 2.32. The molecule has 0 fully saturated rings. The van der Waals surface area contributed by atoms with Crippen molar-refractivity contribution >= 4 is 42.3 Å². The van der Waals surface area contributed by atoms with Gasteiger partial charge in [-0.2, -0.15) is 0 Å². The first-order chi connectivity index (χ1) is 12.9. The monoisotopic (exact) mass is 396 g/mol. The summed E-state index contributed by atoms with van der Waals surface area (Å²) in [7, 11) is -0.428. The third kappa shape index (κ3) is 5.68. The van der Waals surface area contributed by atoms with E-state index in [1.165, 1.54) is 40.4 Å². The minimum atomic E-state index is -0.286. The van der Waals surface area contributed by atoms with Crippen LogP contribution in [0.25, 0.3) is 0 Å². The number of hydrogen-bond donors (Lipinski definition) is 0. The Kier molecular flexibility index (Phi) is 8.22. The minimum Gasteiger partial charge on any atom is -0.129 e. The van der Waals surface area contributed by atoms with E-state index in [0.29, 0.717) is 0 Å². The van der Waals surface area contributed by atoms with E-state index in [2.05, 4.69) is 109 Å². The van der Waals surface area contributed by atoms with Crippen LogP contribution in [-0.4, -0.2) is 18.1 Å². The summed E-state index contributed by atoms with van der Waals surface area (Å²) in [6.45, 7) is 2.28. The van der Waals surface area contributed by atoms with Gasteiger partial charge in [0.05, 0.1) is 0 Å². The summed E-state index contributed by atoms with van der Waals surface area (Å²) in [6.07, 6.45) is 3.81. The summed E-state index contributed by atoms with van der Waals surface area (Å²) >= 11 is 2.18. The molecule has 134 valence electrons. The predicted octanol–water partition coefficient (Wildman–Crippen LogP) is 5.98. The second-order valence-corrected chi connectivity index (χ2v) is 12.9. The van der Waals surface area contributed by atoms with Crippen molar-refractivity contribution in [2.75, 3.05) is 18.1 Å². The van der Waals surface area contributed by atoms with Crippen LogP contribution in [0.4, 0.5) is 0 Å². The molecule has 0 N–H and O–H groups in total. The first-order valence-corrected chi connectivity index (χ1v) is 13.9. The smallest absolute Gasteiger partial charge is 0.00251 e. The topological polar surface area (TPSA) is 0 Å². The first-order valence-electron chi connectivity index (χ1n) is 9.21. The third-order valence-electron chi connectivity index (χ3n) is 4.16. The van der Waals surface area contributed by atoms with Crippen molar-refractivity contribution in [3.63, 3.8) is 0 Å². The van der Waals surface area contributed by atoms with Crippen LogP contribution in [0, 0.1) is 0 Å². The highest BCUT2D eigenvalue weighted by Gasteiger charge is 2.18. The molecule has 0 aliphatic heterocycles. The van der Waals surface area contributed by atoms with Crippen LogP contribution in [-0.2, 0) is 0 Å². The Balaban J connectivity index is 1.79. The summed E-state index contributed by atoms with van der Waals surface area (Å²) in [4.78, 5) is 0. The highest BCUT2D eigenvalue weighted by Crippen LogP contribution is 2.51. The SMILES string of the molecule is CCCSP(CCP(c1ccccc1)c1ccccc1)c1ccccc1. The van der Waals surface area contributed by atoms with Crippen LogP contribution in [0.2, 0.25) is 0 Å². The fraction of sp³-hybridized carbons (Fsp3) is 0.217. The molecular weight excluding hydrogens is 370 g/mol. The zero-order valence-electron chi connectivity index (χ0n) is 15.3. The van der Waals surface area contributed by atoms with Crippen molar-refractivity contribution < 1.29 is 0 Å². The molecule has 1 unspecified atom stereocenters. The van der Waals surface area contributed by atoms with Crippen molar-refractivity contribution in [1.82, 2.24) is 0 Å². The standard InChI is InChI=1S/C23H26P2S/c1-2-20-26-25(23-16-10-5-11-17-23)19-18-24(21-12-6-3-7-13-21)22-14-8-4-9-15-22/h3-17H,2,18-20H2,1H3. The molecule has 3 heteroatoms. The highest BCUT2D eigenvalue weighted by atomic mass is 32.7. The quantitative estimate of drug-likeness (QED) is 0.401. The summed E-state index contributed by atoms with van der Waals surface area (Å²) in [5, 5.41) is 4.53. The minimum absolute atomic E-state index is 0.142. The average molecular weight is 396 g/mol. The molecule has 26 heavy (non-hydrogen) atoms. The summed E-state index contributed by atoms with van der Waals surface area (Å²) in [5.41, 5.74) is 0. The molecule has 0 amide bonds. The fourth-order valence-corrected chi connectivity index (χ4v) is 10.9. The molecule has 0 spiro atoms. The maximum Gasteiger partial charge on any atom is -0.00251 e. The first kappa shape index (κ1) is 19.6. The molecule has 0 heterocycles. The van der Waals surface area contributed by atoms with Gasteiger partial charge < -0.3 is 0 Å². The second-order valence-electron chi connectivity index (χ2n) is 6.09. The molecule has 0 aliphatic carbocycles. The van der Waals surface area contributed by atoms with Gasteiger partial charge in [0.1, 0.15) is 0 Å². The predicted molar refractivity (Wildman–Crippen MR) is 125 cm³/mol. The van der Waals surface area contributed by atoms with Crippen LogP contribution in [0.5, 0.6) is 0 Å². The molecule has 1 atom stereocenters. The molecule has 0 bridgehead atoms. The van der Waals surface area contributed by atoms with Gasteiger partial charge >= 0.3 is 0 Å². The number of rotatable bonds is 9. The molecule has 3 rings (SSSR count). The summed E-state index contributed by atoms with van der Waals surface area (Å²) < 4.78 is 0. The Hall–Kier alpha value is -1.13. The summed E-state index contributed by atoms with van der Waals surface area (Å²) in [6, 6.07) is 33.3. The van der Waals surface area contributed by atoms with E-state index in [9.17, 15) is 0 Å². The second kappa shape index (κ2) is 10.9. The van der Waals surface area contributed by atoms with Crippen LogP contribution in [0.15, 0.2) is 91.0 Å². The lowest BCUT2D eigenvalue weighted by atomic mass is 10.4. The zero-order chi connectivity index (χ0) is 18.0. The van der Waals surface area contributed by atoms with E-state index in [0.717, 1.165) is 0 Å². The molecule has 0 saturated heterocycles. The molecule has 0 nitrogen and oxygen atoms in total. The lowest BCUT2D eigenvalue weighted by Gasteiger charge is -2.23. The van der Waals surface area contributed by atoms with E-state index in [1.54, 1.807) is 0 Å². The van der Waals surface area contributed by atoms with Crippen molar-refractivity contribution in [1.29, 1.82) is 0 Å². The zero-order valence-corrected chi connectivity index (χ0v) is 17.9. The van der Waals surface area contributed by atoms with Crippen LogP contribution in [0.3, 0.4) is 0 Å². The highest BCUT2D eigenvalue weighted by molar-refractivity contribution is 8.57. The van der Waals surface area contributed by atoms with Crippen molar-refractivity contribution in [3.05, 3.63) is 91.0 Å². The fourth-order valence-electron chi connectivity index (χ4n) is 2.88. The Bertz CT molecular complexity index is 707. The molecule has 0 aromatic heterocycles. The van der Waals surface area contributed by atoms with Crippen molar-refractivity contribution in [2.24, 2.45) is 0 Å². The normalized spacial score (nSPS) is 12.2. The Labute approximate surface area is 164 Å². The van der Waals surface area contributed by atoms with E-state index in [1.807, 2.05) is 0 Å². The summed E-state index contributed by atoms with van der Waals surface area (Å²) in [5.74, 6) is 1.26. The number of benzene rings is 3.